The number of methoxy groups -OCH3 is 1. The van der Waals surface area contributed by atoms with Crippen LogP contribution in [0.5, 0.6) is 5.75 Å². The molecule has 0 atom stereocenters. The number of aryl methyl sites for hydroxylation is 1. The van der Waals surface area contributed by atoms with E-state index in [1.165, 1.54) is 0 Å². The smallest absolute Gasteiger partial charge is 0.251 e. The zero-order chi connectivity index (χ0) is 16.4. The fraction of sp³-hybridized carbons (Fsp3) is 0.167. The van der Waals surface area contributed by atoms with Crippen molar-refractivity contribution in [3.8, 4) is 5.75 Å². The molecule has 0 fully saturated rings. The molecule has 5 heteroatoms. The number of benzene rings is 2. The van der Waals surface area contributed by atoms with Gasteiger partial charge in [0, 0.05) is 23.3 Å². The molecule has 1 aromatic heterocycles. The maximum atomic E-state index is 12.3. The van der Waals surface area contributed by atoms with Crippen molar-refractivity contribution >= 4 is 32.7 Å². The highest BCUT2D eigenvalue weighted by Crippen LogP contribution is 2.25. The van der Waals surface area contributed by atoms with E-state index >= 15 is 0 Å². The largest absolute Gasteiger partial charge is 0.496 e. The molecule has 118 valence electrons. The third-order valence-electron chi connectivity index (χ3n) is 3.69. The number of nitrogens with one attached hydrogen (secondary N) is 2. The predicted octanol–water partition coefficient (Wildman–Crippen LogP) is 4.18. The van der Waals surface area contributed by atoms with Crippen LogP contribution in [0.1, 0.15) is 21.6 Å². The van der Waals surface area contributed by atoms with Crippen LogP contribution in [0.15, 0.2) is 46.9 Å². The van der Waals surface area contributed by atoms with E-state index in [1.807, 2.05) is 19.1 Å². The number of hydrogen-bond donors (Lipinski definition) is 2. The van der Waals surface area contributed by atoms with Crippen molar-refractivity contribution in [2.45, 2.75) is 13.5 Å². The Bertz CT molecular complexity index is 871. The number of fused-ring (bicyclic) bond motifs is 1. The van der Waals surface area contributed by atoms with Crippen LogP contribution in [0.2, 0.25) is 0 Å². The number of carbonyl (C=O) groups excluding carboxylic acids is 1. The molecule has 1 heterocycles. The van der Waals surface area contributed by atoms with Crippen molar-refractivity contribution in [3.05, 3.63) is 63.8 Å². The summed E-state index contributed by atoms with van der Waals surface area (Å²) in [6.45, 7) is 2.52. The zero-order valence-electron chi connectivity index (χ0n) is 12.9. The first-order valence-electron chi connectivity index (χ1n) is 7.27. The van der Waals surface area contributed by atoms with Gasteiger partial charge in [0.05, 0.1) is 11.6 Å². The van der Waals surface area contributed by atoms with Crippen molar-refractivity contribution in [2.24, 2.45) is 0 Å². The second kappa shape index (κ2) is 6.46. The molecule has 0 spiro atoms. The molecular weight excluding hydrogens is 356 g/mol. The second-order valence-electron chi connectivity index (χ2n) is 5.41. The number of rotatable bonds is 4. The molecule has 23 heavy (non-hydrogen) atoms. The molecule has 0 bridgehead atoms. The quantitative estimate of drug-likeness (QED) is 0.721. The highest BCUT2D eigenvalue weighted by molar-refractivity contribution is 9.10. The topological polar surface area (TPSA) is 54.1 Å². The van der Waals surface area contributed by atoms with Gasteiger partial charge in [0.25, 0.3) is 5.91 Å². The summed E-state index contributed by atoms with van der Waals surface area (Å²) in [5.74, 6) is 0.591. The van der Waals surface area contributed by atoms with Crippen molar-refractivity contribution in [1.82, 2.24) is 10.3 Å². The van der Waals surface area contributed by atoms with E-state index in [0.29, 0.717) is 17.9 Å². The fourth-order valence-electron chi connectivity index (χ4n) is 2.53. The van der Waals surface area contributed by atoms with Crippen molar-refractivity contribution in [2.75, 3.05) is 7.11 Å². The number of ether oxygens (including phenoxy) is 1. The van der Waals surface area contributed by atoms with Crippen LogP contribution in [0.4, 0.5) is 0 Å². The summed E-state index contributed by atoms with van der Waals surface area (Å²) in [6, 6.07) is 13.5. The molecule has 0 radical (unpaired) electrons. The SMILES string of the molecule is COc1ccc(C(=O)NCc2ccc3[nH]c(C)cc3c2)cc1Br. The number of amides is 1. The van der Waals surface area contributed by atoms with Gasteiger partial charge in [0.2, 0.25) is 0 Å². The lowest BCUT2D eigenvalue weighted by atomic mass is 10.1. The van der Waals surface area contributed by atoms with Crippen LogP contribution in [-0.4, -0.2) is 18.0 Å². The van der Waals surface area contributed by atoms with Gasteiger partial charge in [-0.3, -0.25) is 4.79 Å². The van der Waals surface area contributed by atoms with E-state index in [4.69, 9.17) is 4.74 Å². The Morgan fingerprint density at radius 3 is 2.78 bits per heavy atom. The highest BCUT2D eigenvalue weighted by atomic mass is 79.9. The Hall–Kier alpha value is -2.27. The lowest BCUT2D eigenvalue weighted by molar-refractivity contribution is 0.0951. The van der Waals surface area contributed by atoms with E-state index in [-0.39, 0.29) is 5.91 Å². The minimum Gasteiger partial charge on any atom is -0.496 e. The normalized spacial score (nSPS) is 10.7. The number of carbonyl (C=O) groups is 1. The number of H-pyrrole nitrogens is 1. The predicted molar refractivity (Wildman–Crippen MR) is 94.9 cm³/mol. The van der Waals surface area contributed by atoms with Crippen LogP contribution >= 0.6 is 15.9 Å². The number of aromatic amines is 1. The van der Waals surface area contributed by atoms with Crippen molar-refractivity contribution in [1.29, 1.82) is 0 Å². The maximum absolute atomic E-state index is 12.3. The lowest BCUT2D eigenvalue weighted by Gasteiger charge is -2.08. The molecular formula is C18H17BrN2O2. The summed E-state index contributed by atoms with van der Waals surface area (Å²) in [6.07, 6.45) is 0. The van der Waals surface area contributed by atoms with Gasteiger partial charge in [-0.05, 0) is 70.2 Å². The third kappa shape index (κ3) is 3.40. The molecule has 3 rings (SSSR count). The Labute approximate surface area is 143 Å². The monoisotopic (exact) mass is 372 g/mol. The minimum absolute atomic E-state index is 0.112. The van der Waals surface area contributed by atoms with Crippen LogP contribution in [-0.2, 0) is 6.54 Å². The summed E-state index contributed by atoms with van der Waals surface area (Å²) >= 11 is 3.39. The number of halogens is 1. The molecule has 0 saturated heterocycles. The van der Waals surface area contributed by atoms with Gasteiger partial charge in [-0.15, -0.1) is 0 Å². The number of aromatic nitrogens is 1. The first-order chi connectivity index (χ1) is 11.1. The third-order valence-corrected chi connectivity index (χ3v) is 4.31. The van der Waals surface area contributed by atoms with Gasteiger partial charge in [-0.2, -0.15) is 0 Å². The minimum atomic E-state index is -0.112. The first-order valence-corrected chi connectivity index (χ1v) is 8.06. The van der Waals surface area contributed by atoms with Gasteiger partial charge in [-0.25, -0.2) is 0 Å². The van der Waals surface area contributed by atoms with E-state index in [1.54, 1.807) is 25.3 Å². The molecule has 0 saturated carbocycles. The van der Waals surface area contributed by atoms with Crippen LogP contribution < -0.4 is 10.1 Å². The van der Waals surface area contributed by atoms with E-state index < -0.39 is 0 Å². The Balaban J connectivity index is 1.71. The summed E-state index contributed by atoms with van der Waals surface area (Å²) in [5.41, 5.74) is 3.90. The van der Waals surface area contributed by atoms with Crippen LogP contribution in [0, 0.1) is 6.92 Å². The van der Waals surface area contributed by atoms with Crippen LogP contribution in [0.25, 0.3) is 10.9 Å². The molecule has 4 nitrogen and oxygen atoms in total. The Morgan fingerprint density at radius 1 is 1.22 bits per heavy atom. The average Bonchev–Trinajstić information content (AvgIpc) is 2.91. The van der Waals surface area contributed by atoms with Crippen molar-refractivity contribution < 1.29 is 9.53 Å². The van der Waals surface area contributed by atoms with Crippen LogP contribution in [0.3, 0.4) is 0 Å². The maximum Gasteiger partial charge on any atom is 0.251 e. The van der Waals surface area contributed by atoms with E-state index in [0.717, 1.165) is 26.6 Å². The second-order valence-corrected chi connectivity index (χ2v) is 6.26. The Morgan fingerprint density at radius 2 is 2.04 bits per heavy atom. The molecule has 0 aliphatic carbocycles. The molecule has 1 amide bonds. The van der Waals surface area contributed by atoms with E-state index in [9.17, 15) is 4.79 Å². The molecule has 2 aromatic carbocycles. The summed E-state index contributed by atoms with van der Waals surface area (Å²) in [4.78, 5) is 15.5. The highest BCUT2D eigenvalue weighted by Gasteiger charge is 2.09. The van der Waals surface area contributed by atoms with Gasteiger partial charge >= 0.3 is 0 Å². The molecule has 0 aliphatic rings. The molecule has 3 aromatic rings. The van der Waals surface area contributed by atoms with Gasteiger partial charge < -0.3 is 15.0 Å². The average molecular weight is 373 g/mol. The molecule has 0 unspecified atom stereocenters. The number of hydrogen-bond acceptors (Lipinski definition) is 2. The first kappa shape index (κ1) is 15.6. The zero-order valence-corrected chi connectivity index (χ0v) is 14.5. The van der Waals surface area contributed by atoms with Gasteiger partial charge in [-0.1, -0.05) is 6.07 Å². The molecule has 0 aliphatic heterocycles. The fourth-order valence-corrected chi connectivity index (χ4v) is 3.07. The summed E-state index contributed by atoms with van der Waals surface area (Å²) in [7, 11) is 1.60. The van der Waals surface area contributed by atoms with Gasteiger partial charge in [0.15, 0.2) is 0 Å². The van der Waals surface area contributed by atoms with E-state index in [2.05, 4.69) is 38.4 Å². The van der Waals surface area contributed by atoms with Gasteiger partial charge in [0.1, 0.15) is 5.75 Å². The standard InChI is InChI=1S/C18H17BrN2O2/c1-11-7-14-8-12(3-5-16(14)21-11)10-20-18(22)13-4-6-17(23-2)15(19)9-13/h3-9,21H,10H2,1-2H3,(H,20,22). The molecule has 2 N–H and O–H groups in total. The lowest BCUT2D eigenvalue weighted by Crippen LogP contribution is -2.22. The summed E-state index contributed by atoms with van der Waals surface area (Å²) in [5, 5.41) is 4.09. The Kier molecular flexibility index (Phi) is 4.39. The summed E-state index contributed by atoms with van der Waals surface area (Å²) < 4.78 is 5.93. The van der Waals surface area contributed by atoms with Crippen molar-refractivity contribution in [3.63, 3.8) is 0 Å².